The van der Waals surface area contributed by atoms with Crippen LogP contribution < -0.4 is 14.4 Å². The van der Waals surface area contributed by atoms with Crippen molar-refractivity contribution >= 4 is 27.5 Å². The lowest BCUT2D eigenvalue weighted by atomic mass is 9.94. The predicted octanol–water partition coefficient (Wildman–Crippen LogP) is 6.64. The highest BCUT2D eigenvalue weighted by atomic mass is 19.1. The first-order chi connectivity index (χ1) is 21.3. The number of aromatic hydroxyl groups is 1. The van der Waals surface area contributed by atoms with Crippen molar-refractivity contribution in [3.8, 4) is 28.9 Å². The zero-order valence-electron chi connectivity index (χ0n) is 25.6. The summed E-state index contributed by atoms with van der Waals surface area (Å²) in [6, 6.07) is 6.05. The van der Waals surface area contributed by atoms with Crippen molar-refractivity contribution in [3.05, 3.63) is 41.5 Å². The first kappa shape index (κ1) is 29.0. The Hall–Kier alpha value is -3.79. The Labute approximate surface area is 256 Å². The van der Waals surface area contributed by atoms with Crippen molar-refractivity contribution in [1.82, 2.24) is 19.9 Å². The molecule has 2 aromatic heterocycles. The number of ether oxygens (including phenoxy) is 2. The van der Waals surface area contributed by atoms with E-state index in [4.69, 9.17) is 14.5 Å². The minimum Gasteiger partial charge on any atom is -0.508 e. The molecular formula is C34H39F2N5O3. The number of anilines is 1. The van der Waals surface area contributed by atoms with E-state index in [1.54, 1.807) is 12.1 Å². The molecule has 1 unspecified atom stereocenters. The molecule has 0 spiro atoms. The first-order valence-electron chi connectivity index (χ1n) is 15.8. The lowest BCUT2D eigenvalue weighted by Gasteiger charge is -2.33. The molecule has 10 heteroatoms. The Balaban J connectivity index is 1.44. The second-order valence-electron chi connectivity index (χ2n) is 12.7. The first-order valence-corrected chi connectivity index (χ1v) is 15.8. The second kappa shape index (κ2) is 11.3. The summed E-state index contributed by atoms with van der Waals surface area (Å²) >= 11 is 0. The Morgan fingerprint density at radius 1 is 1.02 bits per heavy atom. The highest BCUT2D eigenvalue weighted by Gasteiger charge is 2.45. The Morgan fingerprint density at radius 3 is 2.55 bits per heavy atom. The number of nitrogens with zero attached hydrogens (tertiary/aromatic N) is 5. The maximum Gasteiger partial charge on any atom is 0.319 e. The highest BCUT2D eigenvalue weighted by Crippen LogP contribution is 2.43. The number of phenols is 1. The van der Waals surface area contributed by atoms with Crippen LogP contribution in [0.4, 0.5) is 14.6 Å². The van der Waals surface area contributed by atoms with Gasteiger partial charge in [-0.2, -0.15) is 9.97 Å². The van der Waals surface area contributed by atoms with Gasteiger partial charge in [-0.3, -0.25) is 4.90 Å². The van der Waals surface area contributed by atoms with E-state index in [0.717, 1.165) is 64.7 Å². The van der Waals surface area contributed by atoms with Gasteiger partial charge in [0.15, 0.2) is 5.82 Å². The molecule has 8 nitrogen and oxygen atoms in total. The summed E-state index contributed by atoms with van der Waals surface area (Å²) in [7, 11) is 1.49. The summed E-state index contributed by atoms with van der Waals surface area (Å²) < 4.78 is 44.1. The lowest BCUT2D eigenvalue weighted by Crippen LogP contribution is -2.43. The molecule has 1 atom stereocenters. The fourth-order valence-electron chi connectivity index (χ4n) is 7.80. The van der Waals surface area contributed by atoms with Crippen LogP contribution in [-0.2, 0) is 6.42 Å². The zero-order chi connectivity index (χ0) is 30.6. The maximum absolute atomic E-state index is 17.0. The number of hydrogen-bond acceptors (Lipinski definition) is 8. The van der Waals surface area contributed by atoms with E-state index >= 15 is 8.78 Å². The quantitative estimate of drug-likeness (QED) is 0.252. The average Bonchev–Trinajstić information content (AvgIpc) is 3.61. The minimum absolute atomic E-state index is 0.0289. The van der Waals surface area contributed by atoms with Crippen LogP contribution in [0.15, 0.2) is 24.3 Å². The van der Waals surface area contributed by atoms with Gasteiger partial charge in [-0.1, -0.05) is 19.9 Å². The number of aromatic nitrogens is 3. The topological polar surface area (TPSA) is 83.8 Å². The predicted molar refractivity (Wildman–Crippen MR) is 167 cm³/mol. The van der Waals surface area contributed by atoms with Gasteiger partial charge in [0.25, 0.3) is 0 Å². The van der Waals surface area contributed by atoms with E-state index in [0.29, 0.717) is 46.5 Å². The molecule has 1 N–H and O–H groups in total. The standard InChI is InChI=1S/C34H39F2N5O3/c1-4-23-25(35)10-9-21-16-22(42)17-24(26(21)23)29-28(36)30-27(32(37-29)43-3)31(40-13-5-8-20(2)18-40)39-33(38-30)44-19-34-11-6-14-41(34)15-7-12-34/h9-10,16-17,20,42H,4-8,11-15,18-19H2,1-3H3. The Bertz CT molecular complexity index is 1740. The minimum atomic E-state index is -0.695. The molecule has 3 fully saturated rings. The van der Waals surface area contributed by atoms with Crippen LogP contribution in [0.2, 0.25) is 0 Å². The molecule has 3 aliphatic heterocycles. The number of halogens is 2. The maximum atomic E-state index is 17.0. The lowest BCUT2D eigenvalue weighted by molar-refractivity contribution is 0.108. The SMILES string of the molecule is CCc1c(F)ccc2cc(O)cc(-c3nc(OC)c4c(N5CCCC(C)C5)nc(OCC56CCCN5CCC6)nc4c3F)c12. The third kappa shape index (κ3) is 4.78. The van der Waals surface area contributed by atoms with Gasteiger partial charge < -0.3 is 19.5 Å². The third-order valence-corrected chi connectivity index (χ3v) is 9.90. The number of fused-ring (bicyclic) bond motifs is 3. The van der Waals surface area contributed by atoms with Gasteiger partial charge in [-0.15, -0.1) is 0 Å². The largest absolute Gasteiger partial charge is 0.508 e. The zero-order valence-corrected chi connectivity index (χ0v) is 25.6. The van der Waals surface area contributed by atoms with E-state index in [-0.39, 0.29) is 40.0 Å². The van der Waals surface area contributed by atoms with Crippen LogP contribution in [0.3, 0.4) is 0 Å². The summed E-state index contributed by atoms with van der Waals surface area (Å²) in [5.74, 6) is -0.0243. The monoisotopic (exact) mass is 603 g/mol. The van der Waals surface area contributed by atoms with Crippen molar-refractivity contribution in [2.45, 2.75) is 64.3 Å². The number of phenolic OH excluding ortho intramolecular Hbond substituents is 1. The molecule has 0 aliphatic carbocycles. The van der Waals surface area contributed by atoms with Crippen molar-refractivity contribution in [2.24, 2.45) is 5.92 Å². The van der Waals surface area contributed by atoms with Crippen molar-refractivity contribution in [2.75, 3.05) is 44.8 Å². The van der Waals surface area contributed by atoms with E-state index in [1.807, 2.05) is 6.92 Å². The molecule has 0 saturated carbocycles. The number of hydrogen-bond donors (Lipinski definition) is 1. The summed E-state index contributed by atoms with van der Waals surface area (Å²) in [6.45, 7) is 8.14. The fourth-order valence-corrected chi connectivity index (χ4v) is 7.80. The molecule has 232 valence electrons. The summed E-state index contributed by atoms with van der Waals surface area (Å²) in [5, 5.41) is 12.1. The number of pyridine rings is 1. The van der Waals surface area contributed by atoms with E-state index < -0.39 is 11.6 Å². The molecule has 4 aromatic rings. The summed E-state index contributed by atoms with van der Waals surface area (Å²) in [5.41, 5.74) is 0.621. The number of rotatable bonds is 7. The summed E-state index contributed by atoms with van der Waals surface area (Å²) in [6.07, 6.45) is 6.87. The van der Waals surface area contributed by atoms with Crippen LogP contribution in [0.5, 0.6) is 17.6 Å². The van der Waals surface area contributed by atoms with Crippen molar-refractivity contribution in [3.63, 3.8) is 0 Å². The number of piperidine rings is 1. The molecule has 2 aromatic carbocycles. The number of benzene rings is 2. The molecular weight excluding hydrogens is 564 g/mol. The van der Waals surface area contributed by atoms with E-state index in [1.165, 1.54) is 19.2 Å². The average molecular weight is 604 g/mol. The van der Waals surface area contributed by atoms with Crippen molar-refractivity contribution < 1.29 is 23.4 Å². The van der Waals surface area contributed by atoms with Gasteiger partial charge in [0.2, 0.25) is 5.88 Å². The number of aryl methyl sites for hydroxylation is 1. The van der Waals surface area contributed by atoms with Gasteiger partial charge in [0.1, 0.15) is 40.6 Å². The summed E-state index contributed by atoms with van der Waals surface area (Å²) in [4.78, 5) is 18.9. The molecule has 5 heterocycles. The molecule has 0 radical (unpaired) electrons. The molecule has 3 saturated heterocycles. The van der Waals surface area contributed by atoms with Gasteiger partial charge in [-0.25, -0.2) is 13.8 Å². The van der Waals surface area contributed by atoms with Crippen LogP contribution in [0.25, 0.3) is 32.9 Å². The van der Waals surface area contributed by atoms with Gasteiger partial charge in [-0.05, 0) is 98.5 Å². The van der Waals surface area contributed by atoms with E-state index in [2.05, 4.69) is 26.7 Å². The third-order valence-electron chi connectivity index (χ3n) is 9.90. The van der Waals surface area contributed by atoms with Crippen molar-refractivity contribution in [1.29, 1.82) is 0 Å². The highest BCUT2D eigenvalue weighted by molar-refractivity contribution is 6.03. The molecule has 0 bridgehead atoms. The second-order valence-corrected chi connectivity index (χ2v) is 12.7. The van der Waals surface area contributed by atoms with E-state index in [9.17, 15) is 5.11 Å². The molecule has 3 aliphatic rings. The number of methoxy groups -OCH3 is 1. The Morgan fingerprint density at radius 2 is 1.82 bits per heavy atom. The smallest absolute Gasteiger partial charge is 0.319 e. The normalized spacial score (nSPS) is 20.0. The molecule has 7 rings (SSSR count). The van der Waals surface area contributed by atoms with Crippen LogP contribution in [-0.4, -0.2) is 70.4 Å². The Kier molecular flexibility index (Phi) is 7.43. The van der Waals surface area contributed by atoms with Crippen LogP contribution in [0, 0.1) is 17.6 Å². The van der Waals surface area contributed by atoms with Crippen LogP contribution >= 0.6 is 0 Å². The van der Waals surface area contributed by atoms with Gasteiger partial charge in [0, 0.05) is 18.7 Å². The van der Waals surface area contributed by atoms with Gasteiger partial charge >= 0.3 is 6.01 Å². The molecule has 44 heavy (non-hydrogen) atoms. The molecule has 0 amide bonds. The van der Waals surface area contributed by atoms with Gasteiger partial charge in [0.05, 0.1) is 12.6 Å². The fraction of sp³-hybridized carbons (Fsp3) is 0.500. The van der Waals surface area contributed by atoms with Crippen LogP contribution in [0.1, 0.15) is 57.9 Å².